The van der Waals surface area contributed by atoms with Crippen LogP contribution in [0.25, 0.3) is 128 Å². The number of nitrogens with zero attached hydrogens (tertiary/aromatic N) is 4. The van der Waals surface area contributed by atoms with E-state index in [1.807, 2.05) is 12.1 Å². The number of hydrogen-bond acceptors (Lipinski definition) is 3. The molecule has 0 bridgehead atoms. The van der Waals surface area contributed by atoms with Gasteiger partial charge in [0.15, 0.2) is 5.82 Å². The molecule has 0 N–H and O–H groups in total. The van der Waals surface area contributed by atoms with E-state index in [1.54, 1.807) is 0 Å². The highest BCUT2D eigenvalue weighted by Gasteiger charge is 2.20. The fraction of sp³-hybridized carbons (Fsp3) is 0. The van der Waals surface area contributed by atoms with Gasteiger partial charge in [0.1, 0.15) is 0 Å². The molecule has 0 saturated heterocycles. The third-order valence-electron chi connectivity index (χ3n) is 13.4. The first kappa shape index (κ1) is 40.1. The highest BCUT2D eigenvalue weighted by atomic mass is 15.0. The van der Waals surface area contributed by atoms with E-state index in [0.29, 0.717) is 5.82 Å². The van der Waals surface area contributed by atoms with Gasteiger partial charge in [-0.2, -0.15) is 0 Å². The van der Waals surface area contributed by atoms with Gasteiger partial charge in [0.05, 0.1) is 33.6 Å². The average Bonchev–Trinajstić information content (AvgIpc) is 3.78. The van der Waals surface area contributed by atoms with Crippen molar-refractivity contribution in [2.24, 2.45) is 0 Å². The molecule has 3 heterocycles. The molecule has 0 atom stereocenters. The highest BCUT2D eigenvalue weighted by molar-refractivity contribution is 6.29. The summed E-state index contributed by atoms with van der Waals surface area (Å²) in [5.74, 6) is 0.672. The number of rotatable bonds is 8. The molecule has 0 saturated carbocycles. The van der Waals surface area contributed by atoms with Gasteiger partial charge < -0.3 is 4.57 Å². The van der Waals surface area contributed by atoms with Crippen molar-refractivity contribution >= 4 is 43.5 Å². The van der Waals surface area contributed by atoms with Gasteiger partial charge in [-0.05, 0) is 69.8 Å². The van der Waals surface area contributed by atoms with Crippen molar-refractivity contribution in [1.82, 2.24) is 19.5 Å². The maximum Gasteiger partial charge on any atom is 0.160 e. The summed E-state index contributed by atoms with van der Waals surface area (Å²) < 4.78 is 2.39. The SMILES string of the molecule is c1ccc(-c2ccc(-c3cc(-c4ccc(-c5ccccc5)cc4)nc(-c4ccc(-c5ccc6c(c5)nc(-c5ccccc5)c5ccc7c(c8ccccc8n7-c7ccccc7)c56)cc4)n3)cc2)cc1. The molecule has 0 radical (unpaired) electrons. The fourth-order valence-corrected chi connectivity index (χ4v) is 10.0. The van der Waals surface area contributed by atoms with Gasteiger partial charge in [-0.25, -0.2) is 15.0 Å². The Morgan fingerprint density at radius 1 is 0.261 bits per heavy atom. The van der Waals surface area contributed by atoms with Crippen molar-refractivity contribution in [3.05, 3.63) is 255 Å². The standard InChI is InChI=1S/C65H42N4/c1-5-15-43(16-6-1)45-25-31-48(32-26-45)57-42-58(49-33-27-46(28-34-49)44-17-7-2-8-18-44)68-65(67-57)51-35-29-47(30-36-51)52-37-38-54-59(41-52)66-64(50-19-9-3-10-20-50)56-39-40-61-63(62(54)56)55-23-13-14-24-60(55)69(61)53-21-11-4-12-22-53/h1-42H. The molecule has 0 aliphatic rings. The molecule has 0 unspecified atom stereocenters. The van der Waals surface area contributed by atoms with Crippen LogP contribution in [0.1, 0.15) is 0 Å². The van der Waals surface area contributed by atoms with Gasteiger partial charge in [0.2, 0.25) is 0 Å². The second kappa shape index (κ2) is 16.9. The summed E-state index contributed by atoms with van der Waals surface area (Å²) in [6.07, 6.45) is 0. The first-order valence-corrected chi connectivity index (χ1v) is 23.4. The monoisotopic (exact) mass is 878 g/mol. The molecule has 10 aromatic carbocycles. The molecule has 0 aliphatic carbocycles. The summed E-state index contributed by atoms with van der Waals surface area (Å²) in [7, 11) is 0. The zero-order valence-corrected chi connectivity index (χ0v) is 37.5. The third kappa shape index (κ3) is 7.23. The highest BCUT2D eigenvalue weighted by Crippen LogP contribution is 2.43. The van der Waals surface area contributed by atoms with E-state index in [1.165, 1.54) is 49.4 Å². The molecule has 0 amide bonds. The minimum absolute atomic E-state index is 0.672. The molecule has 13 aromatic rings. The van der Waals surface area contributed by atoms with Crippen LogP contribution in [0.4, 0.5) is 0 Å². The minimum atomic E-state index is 0.672. The lowest BCUT2D eigenvalue weighted by molar-refractivity contribution is 1.18. The van der Waals surface area contributed by atoms with Crippen LogP contribution in [0.3, 0.4) is 0 Å². The van der Waals surface area contributed by atoms with Crippen LogP contribution < -0.4 is 0 Å². The summed E-state index contributed by atoms with van der Waals surface area (Å²) in [5.41, 5.74) is 18.1. The molecule has 0 aliphatic heterocycles. The van der Waals surface area contributed by atoms with Crippen molar-refractivity contribution in [1.29, 1.82) is 0 Å². The van der Waals surface area contributed by atoms with E-state index in [-0.39, 0.29) is 0 Å². The number of hydrogen-bond donors (Lipinski definition) is 0. The van der Waals surface area contributed by atoms with Gasteiger partial charge in [-0.1, -0.05) is 218 Å². The van der Waals surface area contributed by atoms with Gasteiger partial charge >= 0.3 is 0 Å². The maximum atomic E-state index is 5.47. The zero-order valence-electron chi connectivity index (χ0n) is 37.5. The van der Waals surface area contributed by atoms with Crippen LogP contribution in [0.2, 0.25) is 0 Å². The van der Waals surface area contributed by atoms with Crippen molar-refractivity contribution in [3.63, 3.8) is 0 Å². The quantitative estimate of drug-likeness (QED) is 0.143. The van der Waals surface area contributed by atoms with E-state index < -0.39 is 0 Å². The predicted molar refractivity (Wildman–Crippen MR) is 287 cm³/mol. The Kier molecular flexibility index (Phi) is 9.80. The molecule has 13 rings (SSSR count). The number of pyridine rings is 1. The molecule has 3 aromatic heterocycles. The third-order valence-corrected chi connectivity index (χ3v) is 13.4. The van der Waals surface area contributed by atoms with Gasteiger partial charge in [-0.15, -0.1) is 0 Å². The van der Waals surface area contributed by atoms with Crippen LogP contribution in [-0.4, -0.2) is 19.5 Å². The second-order valence-electron chi connectivity index (χ2n) is 17.6. The molecular weight excluding hydrogens is 837 g/mol. The Labute approximate surface area is 400 Å². The van der Waals surface area contributed by atoms with E-state index in [9.17, 15) is 0 Å². The molecular formula is C65H42N4. The zero-order chi connectivity index (χ0) is 45.7. The Morgan fingerprint density at radius 3 is 1.30 bits per heavy atom. The Balaban J connectivity index is 0.925. The van der Waals surface area contributed by atoms with Crippen LogP contribution >= 0.6 is 0 Å². The predicted octanol–water partition coefficient (Wildman–Crippen LogP) is 16.9. The summed E-state index contributed by atoms with van der Waals surface area (Å²) in [6.45, 7) is 0. The molecule has 4 heteroatoms. The Morgan fingerprint density at radius 2 is 0.710 bits per heavy atom. The van der Waals surface area contributed by atoms with Crippen LogP contribution in [0, 0.1) is 0 Å². The molecule has 69 heavy (non-hydrogen) atoms. The molecule has 0 fully saturated rings. The van der Waals surface area contributed by atoms with Crippen molar-refractivity contribution in [2.75, 3.05) is 0 Å². The van der Waals surface area contributed by atoms with Crippen LogP contribution in [0.5, 0.6) is 0 Å². The summed E-state index contributed by atoms with van der Waals surface area (Å²) in [5, 5.41) is 5.92. The largest absolute Gasteiger partial charge is 0.309 e. The lowest BCUT2D eigenvalue weighted by Crippen LogP contribution is -1.96. The number of para-hydroxylation sites is 2. The lowest BCUT2D eigenvalue weighted by Gasteiger charge is -2.14. The molecule has 4 nitrogen and oxygen atoms in total. The van der Waals surface area contributed by atoms with E-state index >= 15 is 0 Å². The number of fused-ring (bicyclic) bond motifs is 7. The number of aromatic nitrogens is 4. The van der Waals surface area contributed by atoms with Crippen molar-refractivity contribution in [3.8, 4) is 84.2 Å². The van der Waals surface area contributed by atoms with Crippen LogP contribution in [0.15, 0.2) is 255 Å². The molecule has 0 spiro atoms. The first-order valence-electron chi connectivity index (χ1n) is 23.4. The van der Waals surface area contributed by atoms with Crippen molar-refractivity contribution in [2.45, 2.75) is 0 Å². The van der Waals surface area contributed by atoms with Gasteiger partial charge in [0.25, 0.3) is 0 Å². The van der Waals surface area contributed by atoms with E-state index in [2.05, 4.69) is 247 Å². The van der Waals surface area contributed by atoms with Crippen molar-refractivity contribution < 1.29 is 0 Å². The topological polar surface area (TPSA) is 43.6 Å². The normalized spacial score (nSPS) is 11.5. The van der Waals surface area contributed by atoms with Gasteiger partial charge in [0, 0.05) is 54.9 Å². The second-order valence-corrected chi connectivity index (χ2v) is 17.6. The maximum absolute atomic E-state index is 5.47. The van der Waals surface area contributed by atoms with Gasteiger partial charge in [-0.3, -0.25) is 0 Å². The molecule has 322 valence electrons. The lowest BCUT2D eigenvalue weighted by atomic mass is 9.94. The van der Waals surface area contributed by atoms with Crippen LogP contribution in [-0.2, 0) is 0 Å². The first-order chi connectivity index (χ1) is 34.2. The summed E-state index contributed by atoms with van der Waals surface area (Å²) in [4.78, 5) is 15.9. The summed E-state index contributed by atoms with van der Waals surface area (Å²) >= 11 is 0. The Bertz CT molecular complexity index is 3900. The summed E-state index contributed by atoms with van der Waals surface area (Å²) in [6, 6.07) is 90.3. The Hall–Kier alpha value is -9.25. The van der Waals surface area contributed by atoms with E-state index in [4.69, 9.17) is 15.0 Å². The van der Waals surface area contributed by atoms with E-state index in [0.717, 1.165) is 72.4 Å². The number of benzene rings is 10. The smallest absolute Gasteiger partial charge is 0.160 e. The average molecular weight is 879 g/mol. The fourth-order valence-electron chi connectivity index (χ4n) is 10.0. The minimum Gasteiger partial charge on any atom is -0.309 e.